The molecule has 188 valence electrons. The van der Waals surface area contributed by atoms with Gasteiger partial charge in [-0.2, -0.15) is 4.99 Å². The maximum Gasteiger partial charge on any atom is 0.559 e. The van der Waals surface area contributed by atoms with Gasteiger partial charge < -0.3 is 14.0 Å². The van der Waals surface area contributed by atoms with E-state index < -0.39 is 42.1 Å². The predicted molar refractivity (Wildman–Crippen MR) is 129 cm³/mol. The summed E-state index contributed by atoms with van der Waals surface area (Å²) in [6, 6.07) is 5.20. The number of fused-ring (bicyclic) bond motifs is 10. The van der Waals surface area contributed by atoms with Gasteiger partial charge in [0.2, 0.25) is 0 Å². The van der Waals surface area contributed by atoms with Crippen molar-refractivity contribution < 1.29 is 31.4 Å². The highest BCUT2D eigenvalue weighted by Crippen LogP contribution is 2.41. The van der Waals surface area contributed by atoms with Gasteiger partial charge in [0.15, 0.2) is 46.6 Å². The average Bonchev–Trinajstić information content (AvgIpc) is 3.48. The van der Waals surface area contributed by atoms with E-state index in [1.54, 1.807) is 0 Å². The summed E-state index contributed by atoms with van der Waals surface area (Å²) in [6.45, 7) is 0. The minimum absolute atomic E-state index is 0.0185. The second kappa shape index (κ2) is 7.13. The highest BCUT2D eigenvalue weighted by molar-refractivity contribution is 6.50. The molecular weight excluding hydrogens is 525 g/mol. The van der Waals surface area contributed by atoms with Crippen molar-refractivity contribution in [2.45, 2.75) is 0 Å². The Balaban J connectivity index is 1.65. The van der Waals surface area contributed by atoms with Crippen molar-refractivity contribution in [3.63, 3.8) is 0 Å². The quantitative estimate of drug-likeness (QED) is 0.241. The normalized spacial score (nSPS) is 14.7. The van der Waals surface area contributed by atoms with Crippen molar-refractivity contribution in [3.05, 3.63) is 93.3 Å². The van der Waals surface area contributed by atoms with Crippen LogP contribution in [0.25, 0.3) is 21.5 Å². The van der Waals surface area contributed by atoms with Crippen LogP contribution in [0.4, 0.5) is 38.0 Å². The number of halogens is 6. The van der Waals surface area contributed by atoms with E-state index in [1.807, 2.05) is 0 Å². The molecule has 14 heteroatoms. The fourth-order valence-electron chi connectivity index (χ4n) is 5.20. The molecule has 3 aliphatic rings. The van der Waals surface area contributed by atoms with Crippen LogP contribution in [0.15, 0.2) is 56.4 Å². The van der Waals surface area contributed by atoms with Gasteiger partial charge >= 0.3 is 7.19 Å². The van der Waals surface area contributed by atoms with Gasteiger partial charge in [0.1, 0.15) is 22.5 Å². The number of nitrogens with zero attached hydrogens (tertiary/aromatic N) is 6. The first kappa shape index (κ1) is 22.1. The van der Waals surface area contributed by atoms with Gasteiger partial charge in [-0.25, -0.2) is 41.3 Å². The van der Waals surface area contributed by atoms with Crippen LogP contribution in [0, 0.1) is 34.9 Å². The molecule has 0 aliphatic carbocycles. The van der Waals surface area contributed by atoms with E-state index in [1.165, 1.54) is 4.48 Å². The van der Waals surface area contributed by atoms with E-state index in [0.717, 1.165) is 40.9 Å². The molecule has 0 unspecified atom stereocenters. The molecule has 4 bridgehead atoms. The Bertz CT molecular complexity index is 2260. The van der Waals surface area contributed by atoms with Gasteiger partial charge in [-0.05, 0) is 36.4 Å². The van der Waals surface area contributed by atoms with Gasteiger partial charge in [0, 0.05) is 38.5 Å². The lowest BCUT2D eigenvalue weighted by molar-refractivity contribution is 0.508. The summed E-state index contributed by atoms with van der Waals surface area (Å²) < 4.78 is 88.2. The van der Waals surface area contributed by atoms with Crippen molar-refractivity contribution >= 4 is 57.9 Å². The van der Waals surface area contributed by atoms with Gasteiger partial charge in [0.05, 0.1) is 0 Å². The maximum atomic E-state index is 14.4. The van der Waals surface area contributed by atoms with E-state index in [0.29, 0.717) is 0 Å². The van der Waals surface area contributed by atoms with E-state index in [4.69, 9.17) is 0 Å². The SMILES string of the molecule is OB1n2c3c4cc(F)c(F)cc4c2N=c2c4cc(F)c(F)cc4c(n21)=C=NC1=NC(=N3)c2cc(F)c(F)cc21. The first-order chi connectivity index (χ1) is 18.7. The van der Waals surface area contributed by atoms with Crippen LogP contribution in [0.2, 0.25) is 0 Å². The van der Waals surface area contributed by atoms with Gasteiger partial charge in [-0.1, -0.05) is 0 Å². The molecule has 0 radical (unpaired) electrons. The fourth-order valence-corrected chi connectivity index (χ4v) is 5.20. The van der Waals surface area contributed by atoms with Crippen molar-refractivity contribution in [3.8, 4) is 0 Å². The monoisotopic (exact) mass is 532 g/mol. The fraction of sp³-hybridized carbons (Fsp3) is 0. The molecule has 5 heterocycles. The number of aromatic nitrogens is 2. The Labute approximate surface area is 211 Å². The summed E-state index contributed by atoms with van der Waals surface area (Å²) in [5.74, 6) is -5.00. The first-order valence-electron chi connectivity index (χ1n) is 11.3. The summed E-state index contributed by atoms with van der Waals surface area (Å²) in [5, 5.41) is 11.7. The molecule has 3 aliphatic heterocycles. The molecule has 8 rings (SSSR count). The molecular formula is C25H7BF6N6O. The summed E-state index contributed by atoms with van der Waals surface area (Å²) >= 11 is 0. The zero-order valence-electron chi connectivity index (χ0n) is 18.9. The molecule has 5 aromatic rings. The Morgan fingerprint density at radius 2 is 1.10 bits per heavy atom. The zero-order valence-corrected chi connectivity index (χ0v) is 18.9. The Hall–Kier alpha value is -4.94. The Kier molecular flexibility index (Phi) is 4.04. The molecule has 0 spiro atoms. The van der Waals surface area contributed by atoms with Crippen LogP contribution in [0.5, 0.6) is 0 Å². The number of hydrogen-bond acceptors (Lipinski definition) is 5. The third-order valence-corrected chi connectivity index (χ3v) is 6.93. The molecule has 2 aromatic heterocycles. The van der Waals surface area contributed by atoms with E-state index in [2.05, 4.69) is 25.8 Å². The van der Waals surface area contributed by atoms with Gasteiger partial charge in [0.25, 0.3) is 0 Å². The average molecular weight is 532 g/mol. The van der Waals surface area contributed by atoms with E-state index in [-0.39, 0.29) is 66.8 Å². The third kappa shape index (κ3) is 2.73. The summed E-state index contributed by atoms with van der Waals surface area (Å²) in [5.41, 5.74) is 0.0603. The van der Waals surface area contributed by atoms with Crippen molar-refractivity contribution in [2.75, 3.05) is 0 Å². The standard InChI is InChI=1S/C25H7BF6N6O/c27-14-1-8-11(4-17(14)30)24-36-25-13-6-19(32)18(31)5-12(13)23-35-22-10-3-16(29)15(28)2-9(10)21(34-22)33-7-20(8)37(24)26(39)38(23)25/h1-6,39H. The zero-order chi connectivity index (χ0) is 26.9. The number of aliphatic imine (C=N–C) groups is 3. The Morgan fingerprint density at radius 1 is 0.590 bits per heavy atom. The second-order valence-corrected chi connectivity index (χ2v) is 9.05. The number of rotatable bonds is 0. The molecule has 0 amide bonds. The number of amidine groups is 2. The number of hydrogen-bond donors (Lipinski definition) is 1. The smallest absolute Gasteiger partial charge is 0.413 e. The van der Waals surface area contributed by atoms with Crippen molar-refractivity contribution in [1.82, 2.24) is 8.96 Å². The van der Waals surface area contributed by atoms with Gasteiger partial charge in [-0.15, -0.1) is 0 Å². The molecule has 0 fully saturated rings. The second-order valence-electron chi connectivity index (χ2n) is 9.05. The van der Waals surface area contributed by atoms with Crippen LogP contribution in [-0.2, 0) is 0 Å². The topological polar surface area (TPSA) is 79.5 Å². The molecule has 1 N–H and O–H groups in total. The highest BCUT2D eigenvalue weighted by atomic mass is 19.2. The van der Waals surface area contributed by atoms with Crippen molar-refractivity contribution in [1.29, 1.82) is 0 Å². The molecule has 0 saturated carbocycles. The van der Waals surface area contributed by atoms with Crippen LogP contribution in [-0.4, -0.2) is 38.7 Å². The number of benzene rings is 3. The Morgan fingerprint density at radius 3 is 1.74 bits per heavy atom. The van der Waals surface area contributed by atoms with Crippen LogP contribution in [0.3, 0.4) is 0 Å². The minimum Gasteiger partial charge on any atom is -0.413 e. The van der Waals surface area contributed by atoms with Crippen LogP contribution in [0.1, 0.15) is 11.1 Å². The van der Waals surface area contributed by atoms with Crippen LogP contribution >= 0.6 is 0 Å². The first-order valence-corrected chi connectivity index (χ1v) is 11.3. The largest absolute Gasteiger partial charge is 0.559 e. The summed E-state index contributed by atoms with van der Waals surface area (Å²) in [7, 11) is -1.70. The molecule has 3 aromatic carbocycles. The lowest BCUT2D eigenvalue weighted by Gasteiger charge is -2.18. The van der Waals surface area contributed by atoms with Crippen LogP contribution < -0.4 is 10.8 Å². The summed E-state index contributed by atoms with van der Waals surface area (Å²) in [6.07, 6.45) is 0. The molecule has 0 saturated heterocycles. The minimum atomic E-state index is -1.70. The van der Waals surface area contributed by atoms with E-state index >= 15 is 0 Å². The third-order valence-electron chi connectivity index (χ3n) is 6.93. The lowest BCUT2D eigenvalue weighted by Crippen LogP contribution is -2.48. The molecule has 0 atom stereocenters. The molecule has 39 heavy (non-hydrogen) atoms. The van der Waals surface area contributed by atoms with Crippen molar-refractivity contribution in [2.24, 2.45) is 20.0 Å². The van der Waals surface area contributed by atoms with E-state index in [9.17, 15) is 31.4 Å². The van der Waals surface area contributed by atoms with Gasteiger partial charge in [-0.3, -0.25) is 0 Å². The lowest BCUT2D eigenvalue weighted by atomic mass is 9.99. The summed E-state index contributed by atoms with van der Waals surface area (Å²) in [4.78, 5) is 17.4. The molecule has 7 nitrogen and oxygen atoms in total. The highest BCUT2D eigenvalue weighted by Gasteiger charge is 2.36. The maximum absolute atomic E-state index is 14.4. The predicted octanol–water partition coefficient (Wildman–Crippen LogP) is 3.26.